The minimum atomic E-state index is -4.50. The van der Waals surface area contributed by atoms with E-state index in [1.807, 2.05) is 5.92 Å². The number of aldehydes is 1. The van der Waals surface area contributed by atoms with Gasteiger partial charge in [-0.2, -0.15) is 13.2 Å². The largest absolute Gasteiger partial charge is 0.483 e. The molecule has 0 bridgehead atoms. The highest BCUT2D eigenvalue weighted by Crippen LogP contribution is 2.39. The molecular weight excluding hydrogens is 359 g/mol. The Hall–Kier alpha value is -2.20. The average molecular weight is 374 g/mol. The van der Waals surface area contributed by atoms with E-state index in [2.05, 4.69) is 4.74 Å². The maximum atomic E-state index is 12.3. The van der Waals surface area contributed by atoms with Crippen molar-refractivity contribution in [2.24, 2.45) is 0 Å². The van der Waals surface area contributed by atoms with Gasteiger partial charge in [0, 0.05) is 5.69 Å². The average Bonchev–Trinajstić information content (AvgIpc) is 3.03. The van der Waals surface area contributed by atoms with Crippen LogP contribution >= 0.6 is 11.6 Å². The van der Waals surface area contributed by atoms with Crippen LogP contribution in [0.15, 0.2) is 18.2 Å². The van der Waals surface area contributed by atoms with Crippen molar-refractivity contribution in [3.63, 3.8) is 0 Å². The fraction of sp³-hybridized carbons (Fsp3) is 0.412. The highest BCUT2D eigenvalue weighted by Gasteiger charge is 2.43. The molecule has 2 rings (SSSR count). The number of terminal acetylenes is 1. The fourth-order valence-electron chi connectivity index (χ4n) is 2.93. The van der Waals surface area contributed by atoms with Gasteiger partial charge in [-0.05, 0) is 37.0 Å². The van der Waals surface area contributed by atoms with Gasteiger partial charge in [0.2, 0.25) is 0 Å². The third kappa shape index (κ3) is 4.26. The first-order valence-corrected chi connectivity index (χ1v) is 7.86. The second kappa shape index (κ2) is 7.36. The number of halogens is 4. The summed E-state index contributed by atoms with van der Waals surface area (Å²) in [5.41, 5.74) is -0.831. The SMILES string of the molecule is C#CC(=O)N(c1ccc(OCC(F)(F)F)c(Cl)c1)C1(C=O)CCCC1. The van der Waals surface area contributed by atoms with E-state index in [4.69, 9.17) is 18.0 Å². The predicted octanol–water partition coefficient (Wildman–Crippen LogP) is 3.76. The Morgan fingerprint density at radius 3 is 2.52 bits per heavy atom. The topological polar surface area (TPSA) is 46.6 Å². The highest BCUT2D eigenvalue weighted by molar-refractivity contribution is 6.32. The number of hydrogen-bond acceptors (Lipinski definition) is 3. The Labute approximate surface area is 147 Å². The standard InChI is InChI=1S/C17H15ClF3NO3/c1-2-15(24)22(16(10-23)7-3-4-8-16)12-5-6-14(13(18)9-12)25-11-17(19,20)21/h1,5-6,9-10H,3-4,7-8,11H2. The molecule has 0 spiro atoms. The van der Waals surface area contributed by atoms with Gasteiger partial charge in [0.1, 0.15) is 17.6 Å². The molecule has 0 aromatic heterocycles. The van der Waals surface area contributed by atoms with E-state index < -0.39 is 24.2 Å². The van der Waals surface area contributed by atoms with Gasteiger partial charge in [-0.3, -0.25) is 9.69 Å². The van der Waals surface area contributed by atoms with Crippen molar-refractivity contribution >= 4 is 29.5 Å². The number of anilines is 1. The Kier molecular flexibility index (Phi) is 5.63. The summed E-state index contributed by atoms with van der Waals surface area (Å²) in [5, 5.41) is -0.115. The number of amides is 1. The van der Waals surface area contributed by atoms with Crippen molar-refractivity contribution in [3.8, 4) is 18.1 Å². The zero-order chi connectivity index (χ0) is 18.7. The monoisotopic (exact) mass is 373 g/mol. The third-order valence-corrected chi connectivity index (χ3v) is 4.32. The van der Waals surface area contributed by atoms with Crippen LogP contribution in [0, 0.1) is 12.3 Å². The normalized spacial score (nSPS) is 16.1. The molecule has 1 aliphatic carbocycles. The van der Waals surface area contributed by atoms with Gasteiger partial charge in [0.25, 0.3) is 0 Å². The summed E-state index contributed by atoms with van der Waals surface area (Å²) >= 11 is 5.98. The molecule has 0 saturated heterocycles. The number of ether oxygens (including phenoxy) is 1. The van der Waals surface area contributed by atoms with Gasteiger partial charge in [-0.25, -0.2) is 0 Å². The van der Waals surface area contributed by atoms with Crippen LogP contribution in [0.5, 0.6) is 5.75 Å². The van der Waals surface area contributed by atoms with E-state index in [1.54, 1.807) is 0 Å². The van der Waals surface area contributed by atoms with Crippen LogP contribution in [0.1, 0.15) is 25.7 Å². The third-order valence-electron chi connectivity index (χ3n) is 4.03. The van der Waals surface area contributed by atoms with E-state index in [0.29, 0.717) is 19.1 Å². The highest BCUT2D eigenvalue weighted by atomic mass is 35.5. The van der Waals surface area contributed by atoms with Crippen molar-refractivity contribution in [1.82, 2.24) is 0 Å². The Balaban J connectivity index is 2.36. The van der Waals surface area contributed by atoms with Crippen LogP contribution in [0.3, 0.4) is 0 Å². The summed E-state index contributed by atoms with van der Waals surface area (Å²) in [5.74, 6) is 1.09. The van der Waals surface area contributed by atoms with Gasteiger partial charge in [0.15, 0.2) is 6.61 Å². The number of carbonyl (C=O) groups excluding carboxylic acids is 2. The first-order valence-electron chi connectivity index (χ1n) is 7.49. The maximum Gasteiger partial charge on any atom is 0.422 e. The summed E-state index contributed by atoms with van der Waals surface area (Å²) in [7, 11) is 0. The van der Waals surface area contributed by atoms with Crippen LogP contribution in [0.4, 0.5) is 18.9 Å². The minimum Gasteiger partial charge on any atom is -0.483 e. The predicted molar refractivity (Wildman–Crippen MR) is 86.6 cm³/mol. The molecule has 4 nitrogen and oxygen atoms in total. The van der Waals surface area contributed by atoms with Crippen molar-refractivity contribution in [2.75, 3.05) is 11.5 Å². The van der Waals surface area contributed by atoms with Crippen LogP contribution in [-0.4, -0.2) is 30.5 Å². The molecule has 1 fully saturated rings. The molecule has 134 valence electrons. The Morgan fingerprint density at radius 1 is 1.40 bits per heavy atom. The first kappa shape index (κ1) is 19.1. The molecule has 0 unspecified atom stereocenters. The molecule has 1 aromatic carbocycles. The van der Waals surface area contributed by atoms with Crippen LogP contribution in [0.25, 0.3) is 0 Å². The fourth-order valence-corrected chi connectivity index (χ4v) is 3.16. The van der Waals surface area contributed by atoms with Gasteiger partial charge < -0.3 is 9.53 Å². The van der Waals surface area contributed by atoms with E-state index in [1.165, 1.54) is 23.1 Å². The number of benzene rings is 1. The van der Waals surface area contributed by atoms with Gasteiger partial charge in [-0.1, -0.05) is 24.4 Å². The van der Waals surface area contributed by atoms with Crippen molar-refractivity contribution in [2.45, 2.75) is 37.4 Å². The van der Waals surface area contributed by atoms with Crippen molar-refractivity contribution in [1.29, 1.82) is 0 Å². The van der Waals surface area contributed by atoms with Gasteiger partial charge in [-0.15, -0.1) is 6.42 Å². The summed E-state index contributed by atoms with van der Waals surface area (Å²) < 4.78 is 41.4. The number of rotatable bonds is 5. The molecule has 0 radical (unpaired) electrons. The second-order valence-corrected chi connectivity index (χ2v) is 6.14. The van der Waals surface area contributed by atoms with Crippen molar-refractivity contribution in [3.05, 3.63) is 23.2 Å². The Bertz CT molecular complexity index is 706. The lowest BCUT2D eigenvalue weighted by Gasteiger charge is -2.36. The van der Waals surface area contributed by atoms with Crippen molar-refractivity contribution < 1.29 is 27.5 Å². The number of nitrogens with zero attached hydrogens (tertiary/aromatic N) is 1. The second-order valence-electron chi connectivity index (χ2n) is 5.73. The van der Waals surface area contributed by atoms with Crippen LogP contribution in [-0.2, 0) is 9.59 Å². The molecular formula is C17H15ClF3NO3. The van der Waals surface area contributed by atoms with Gasteiger partial charge >= 0.3 is 12.1 Å². The number of alkyl halides is 3. The summed E-state index contributed by atoms with van der Waals surface area (Å²) in [6.07, 6.45) is 3.83. The molecule has 0 heterocycles. The zero-order valence-corrected chi connectivity index (χ0v) is 13.9. The smallest absolute Gasteiger partial charge is 0.422 e. The lowest BCUT2D eigenvalue weighted by Crippen LogP contribution is -2.51. The quantitative estimate of drug-likeness (QED) is 0.583. The first-order chi connectivity index (χ1) is 11.7. The van der Waals surface area contributed by atoms with E-state index >= 15 is 0 Å². The molecule has 0 N–H and O–H groups in total. The molecule has 0 aliphatic heterocycles. The van der Waals surface area contributed by atoms with E-state index in [9.17, 15) is 22.8 Å². The van der Waals surface area contributed by atoms with Crippen LogP contribution < -0.4 is 9.64 Å². The lowest BCUT2D eigenvalue weighted by atomic mass is 9.95. The molecule has 1 saturated carbocycles. The summed E-state index contributed by atoms with van der Waals surface area (Å²) in [6.45, 7) is -1.49. The van der Waals surface area contributed by atoms with E-state index in [0.717, 1.165) is 12.8 Å². The molecule has 0 atom stereocenters. The molecule has 1 aliphatic rings. The van der Waals surface area contributed by atoms with E-state index in [-0.39, 0.29) is 16.5 Å². The zero-order valence-electron chi connectivity index (χ0n) is 13.1. The molecule has 8 heteroatoms. The summed E-state index contributed by atoms with van der Waals surface area (Å²) in [6, 6.07) is 3.84. The minimum absolute atomic E-state index is 0.115. The number of hydrogen-bond donors (Lipinski definition) is 0. The Morgan fingerprint density at radius 2 is 2.04 bits per heavy atom. The molecule has 1 aromatic rings. The molecule has 1 amide bonds. The lowest BCUT2D eigenvalue weighted by molar-refractivity contribution is -0.153. The summed E-state index contributed by atoms with van der Waals surface area (Å²) in [4.78, 5) is 25.1. The maximum absolute atomic E-state index is 12.3. The van der Waals surface area contributed by atoms with Gasteiger partial charge in [0.05, 0.1) is 5.02 Å². The van der Waals surface area contributed by atoms with Crippen LogP contribution in [0.2, 0.25) is 5.02 Å². The number of carbonyl (C=O) groups is 2. The molecule has 25 heavy (non-hydrogen) atoms.